The fourth-order valence-electron chi connectivity index (χ4n) is 3.25. The summed E-state index contributed by atoms with van der Waals surface area (Å²) in [5.74, 6) is 0.236. The Morgan fingerprint density at radius 1 is 1.21 bits per heavy atom. The summed E-state index contributed by atoms with van der Waals surface area (Å²) in [5.41, 5.74) is 2.04. The number of fused-ring (bicyclic) bond motifs is 1. The average molecular weight is 401 g/mol. The molecule has 1 atom stereocenters. The third kappa shape index (κ3) is 4.42. The van der Waals surface area contributed by atoms with Crippen LogP contribution in [-0.4, -0.2) is 31.4 Å². The van der Waals surface area contributed by atoms with Crippen molar-refractivity contribution in [3.63, 3.8) is 0 Å². The normalized spacial score (nSPS) is 15.5. The molecular formula is C21H23NO5S. The lowest BCUT2D eigenvalue weighted by atomic mass is 9.88. The van der Waals surface area contributed by atoms with Crippen molar-refractivity contribution in [2.75, 3.05) is 19.0 Å². The van der Waals surface area contributed by atoms with Gasteiger partial charge in [-0.25, -0.2) is 4.79 Å². The smallest absolute Gasteiger partial charge is 0.341 e. The molecule has 1 aliphatic carbocycles. The molecule has 1 aromatic carbocycles. The van der Waals surface area contributed by atoms with Crippen molar-refractivity contribution >= 4 is 34.0 Å². The van der Waals surface area contributed by atoms with Crippen LogP contribution in [0.25, 0.3) is 0 Å². The molecule has 3 rings (SSSR count). The molecule has 1 amide bonds. The number of Topliss-reactive ketones (excluding diaryl/α,β-unsaturated/α-hetero) is 1. The van der Waals surface area contributed by atoms with Gasteiger partial charge in [-0.15, -0.1) is 11.3 Å². The highest BCUT2D eigenvalue weighted by Crippen LogP contribution is 2.40. The second-order valence-corrected chi connectivity index (χ2v) is 8.07. The Hall–Kier alpha value is -2.67. The van der Waals surface area contributed by atoms with Gasteiger partial charge in [-0.3, -0.25) is 9.59 Å². The Kier molecular flexibility index (Phi) is 6.14. The summed E-state index contributed by atoms with van der Waals surface area (Å²) in [6.45, 7) is 3.48. The molecule has 6 nitrogen and oxygen atoms in total. The van der Waals surface area contributed by atoms with Crippen LogP contribution in [0.4, 0.5) is 5.00 Å². The molecule has 148 valence electrons. The van der Waals surface area contributed by atoms with Crippen LogP contribution in [-0.2, 0) is 22.4 Å². The van der Waals surface area contributed by atoms with Crippen LogP contribution in [0.15, 0.2) is 24.3 Å². The number of methoxy groups -OCH3 is 1. The third-order valence-electron chi connectivity index (χ3n) is 4.78. The first kappa shape index (κ1) is 20.1. The Morgan fingerprint density at radius 2 is 1.93 bits per heavy atom. The summed E-state index contributed by atoms with van der Waals surface area (Å²) in [6.07, 6.45) is 2.73. The van der Waals surface area contributed by atoms with E-state index < -0.39 is 5.97 Å². The minimum atomic E-state index is -0.428. The van der Waals surface area contributed by atoms with Gasteiger partial charge in [0.15, 0.2) is 12.4 Å². The number of nitrogens with one attached hydrogen (secondary N) is 1. The van der Waals surface area contributed by atoms with Gasteiger partial charge in [0.1, 0.15) is 10.8 Å². The molecule has 1 N–H and O–H groups in total. The molecular weight excluding hydrogens is 378 g/mol. The van der Waals surface area contributed by atoms with Crippen LogP contribution < -0.4 is 10.1 Å². The molecule has 0 fully saturated rings. The van der Waals surface area contributed by atoms with Gasteiger partial charge in [-0.1, -0.05) is 6.92 Å². The number of hydrogen-bond donors (Lipinski definition) is 1. The Morgan fingerprint density at radius 3 is 2.57 bits per heavy atom. The Balaban J connectivity index is 1.69. The zero-order valence-corrected chi connectivity index (χ0v) is 17.0. The highest BCUT2D eigenvalue weighted by atomic mass is 32.1. The van der Waals surface area contributed by atoms with Crippen molar-refractivity contribution in [3.8, 4) is 5.75 Å². The van der Waals surface area contributed by atoms with Crippen LogP contribution in [0, 0.1) is 5.92 Å². The number of carbonyl (C=O) groups is 3. The van der Waals surface area contributed by atoms with Crippen molar-refractivity contribution in [3.05, 3.63) is 45.8 Å². The van der Waals surface area contributed by atoms with Crippen LogP contribution in [0.1, 0.15) is 51.4 Å². The van der Waals surface area contributed by atoms with E-state index in [4.69, 9.17) is 9.47 Å². The van der Waals surface area contributed by atoms with E-state index in [9.17, 15) is 14.4 Å². The maximum Gasteiger partial charge on any atom is 0.341 e. The standard InChI is InChI=1S/C21H23NO5S/c1-12-4-9-16-17(10-12)28-20(19(16)21(25)26-3)22-18(24)11-27-15-7-5-14(6-8-15)13(2)23/h5-8,12H,4,9-11H2,1-3H3,(H,22,24). The number of carbonyl (C=O) groups excluding carboxylic acids is 3. The number of amides is 1. The lowest BCUT2D eigenvalue weighted by Gasteiger charge is -2.18. The minimum Gasteiger partial charge on any atom is -0.484 e. The third-order valence-corrected chi connectivity index (χ3v) is 5.95. The molecule has 0 saturated heterocycles. The van der Waals surface area contributed by atoms with Crippen LogP contribution in [0.3, 0.4) is 0 Å². The van der Waals surface area contributed by atoms with Gasteiger partial charge in [-0.05, 0) is 61.9 Å². The predicted molar refractivity (Wildman–Crippen MR) is 107 cm³/mol. The van der Waals surface area contributed by atoms with Crippen LogP contribution in [0.2, 0.25) is 0 Å². The SMILES string of the molecule is COC(=O)c1c(NC(=O)COc2ccc(C(C)=O)cc2)sc2c1CCC(C)C2. The molecule has 0 radical (unpaired) electrons. The van der Waals surface area contributed by atoms with Gasteiger partial charge in [0.05, 0.1) is 12.7 Å². The molecule has 2 aromatic rings. The lowest BCUT2D eigenvalue weighted by molar-refractivity contribution is -0.118. The summed E-state index contributed by atoms with van der Waals surface area (Å²) in [7, 11) is 1.34. The molecule has 0 spiro atoms. The van der Waals surface area contributed by atoms with Crippen molar-refractivity contribution < 1.29 is 23.9 Å². The fourth-order valence-corrected chi connectivity index (χ4v) is 4.67. The molecule has 1 aliphatic rings. The molecule has 1 aromatic heterocycles. The van der Waals surface area contributed by atoms with Crippen LogP contribution >= 0.6 is 11.3 Å². The number of ether oxygens (including phenoxy) is 2. The van der Waals surface area contributed by atoms with Crippen molar-refractivity contribution in [2.45, 2.75) is 33.1 Å². The summed E-state index contributed by atoms with van der Waals surface area (Å²) in [4.78, 5) is 37.1. The van der Waals surface area contributed by atoms with Gasteiger partial charge in [0.2, 0.25) is 0 Å². The minimum absolute atomic E-state index is 0.0318. The van der Waals surface area contributed by atoms with E-state index >= 15 is 0 Å². The van der Waals surface area contributed by atoms with Crippen LogP contribution in [0.5, 0.6) is 5.75 Å². The Labute approximate surface area is 167 Å². The quantitative estimate of drug-likeness (QED) is 0.587. The first-order valence-electron chi connectivity index (χ1n) is 9.15. The largest absolute Gasteiger partial charge is 0.484 e. The van der Waals surface area contributed by atoms with E-state index in [-0.39, 0.29) is 18.3 Å². The summed E-state index contributed by atoms with van der Waals surface area (Å²) in [6, 6.07) is 6.60. The monoisotopic (exact) mass is 401 g/mol. The highest BCUT2D eigenvalue weighted by Gasteiger charge is 2.28. The lowest BCUT2D eigenvalue weighted by Crippen LogP contribution is -2.21. The van der Waals surface area contributed by atoms with Crippen molar-refractivity contribution in [2.24, 2.45) is 5.92 Å². The maximum atomic E-state index is 12.4. The number of esters is 1. The second kappa shape index (κ2) is 8.56. The topological polar surface area (TPSA) is 81.7 Å². The van der Waals surface area contributed by atoms with Gasteiger partial charge >= 0.3 is 5.97 Å². The van der Waals surface area contributed by atoms with E-state index in [0.717, 1.165) is 29.7 Å². The average Bonchev–Trinajstić information content (AvgIpc) is 3.02. The number of benzene rings is 1. The zero-order chi connectivity index (χ0) is 20.3. The number of thiophene rings is 1. The van der Waals surface area contributed by atoms with Gasteiger partial charge in [-0.2, -0.15) is 0 Å². The van der Waals surface area contributed by atoms with Crippen molar-refractivity contribution in [1.29, 1.82) is 0 Å². The number of ketones is 1. The summed E-state index contributed by atoms with van der Waals surface area (Å²) >= 11 is 1.44. The molecule has 1 unspecified atom stereocenters. The summed E-state index contributed by atoms with van der Waals surface area (Å²) in [5, 5.41) is 3.32. The second-order valence-electron chi connectivity index (χ2n) is 6.96. The Bertz CT molecular complexity index is 900. The maximum absolute atomic E-state index is 12.4. The number of anilines is 1. The highest BCUT2D eigenvalue weighted by molar-refractivity contribution is 7.17. The van der Waals surface area contributed by atoms with Gasteiger partial charge in [0, 0.05) is 10.4 Å². The molecule has 28 heavy (non-hydrogen) atoms. The fraction of sp³-hybridized carbons (Fsp3) is 0.381. The van der Waals surface area contributed by atoms with E-state index in [1.165, 1.54) is 25.4 Å². The summed E-state index contributed by atoms with van der Waals surface area (Å²) < 4.78 is 10.4. The molecule has 0 saturated carbocycles. The van der Waals surface area contributed by atoms with E-state index in [1.54, 1.807) is 24.3 Å². The number of hydrogen-bond acceptors (Lipinski definition) is 6. The molecule has 0 aliphatic heterocycles. The molecule has 1 heterocycles. The predicted octanol–water partition coefficient (Wildman–Crippen LogP) is 3.88. The number of rotatable bonds is 6. The van der Waals surface area contributed by atoms with Gasteiger partial charge in [0.25, 0.3) is 5.91 Å². The molecule has 0 bridgehead atoms. The van der Waals surface area contributed by atoms with Crippen molar-refractivity contribution in [1.82, 2.24) is 0 Å². The zero-order valence-electron chi connectivity index (χ0n) is 16.2. The van der Waals surface area contributed by atoms with Gasteiger partial charge < -0.3 is 14.8 Å². The first-order valence-corrected chi connectivity index (χ1v) is 9.97. The molecule has 7 heteroatoms. The van der Waals surface area contributed by atoms with E-state index in [2.05, 4.69) is 12.2 Å². The van der Waals surface area contributed by atoms with E-state index in [1.807, 2.05) is 0 Å². The first-order chi connectivity index (χ1) is 13.4. The van der Waals surface area contributed by atoms with E-state index in [0.29, 0.717) is 27.8 Å².